The highest BCUT2D eigenvalue weighted by atomic mass is 16.5. The Balaban J connectivity index is 2.02. The van der Waals surface area contributed by atoms with Crippen LogP contribution in [-0.4, -0.2) is 49.8 Å². The van der Waals surface area contributed by atoms with Gasteiger partial charge in [0.15, 0.2) is 11.5 Å². The van der Waals surface area contributed by atoms with Crippen molar-refractivity contribution in [2.75, 3.05) is 33.9 Å². The van der Waals surface area contributed by atoms with E-state index in [-0.39, 0.29) is 18.4 Å². The third kappa shape index (κ3) is 3.88. The fourth-order valence-corrected chi connectivity index (χ4v) is 2.72. The zero-order chi connectivity index (χ0) is 15.2. The van der Waals surface area contributed by atoms with E-state index in [0.717, 1.165) is 24.9 Å². The summed E-state index contributed by atoms with van der Waals surface area (Å²) in [6.45, 7) is 1.59. The molecule has 116 valence electrons. The predicted molar refractivity (Wildman–Crippen MR) is 79.6 cm³/mol. The van der Waals surface area contributed by atoms with E-state index in [1.165, 1.54) is 0 Å². The van der Waals surface area contributed by atoms with E-state index >= 15 is 0 Å². The topological polar surface area (TPSA) is 59.0 Å². The van der Waals surface area contributed by atoms with Gasteiger partial charge >= 0.3 is 0 Å². The molecule has 1 fully saturated rings. The van der Waals surface area contributed by atoms with Crippen molar-refractivity contribution in [3.8, 4) is 11.5 Å². The molecule has 1 saturated heterocycles. The Morgan fingerprint density at radius 3 is 2.76 bits per heavy atom. The molecule has 2 rings (SSSR count). The molecule has 1 unspecified atom stereocenters. The third-order valence-corrected chi connectivity index (χ3v) is 3.93. The summed E-state index contributed by atoms with van der Waals surface area (Å²) in [5, 5.41) is 9.24. The molecule has 0 spiro atoms. The predicted octanol–water partition coefficient (Wildman–Crippen LogP) is 1.48. The lowest BCUT2D eigenvalue weighted by Gasteiger charge is -2.32. The Labute approximate surface area is 125 Å². The number of amides is 1. The zero-order valence-electron chi connectivity index (χ0n) is 12.7. The fourth-order valence-electron chi connectivity index (χ4n) is 2.72. The molecule has 5 heteroatoms. The van der Waals surface area contributed by atoms with Gasteiger partial charge in [-0.1, -0.05) is 6.07 Å². The van der Waals surface area contributed by atoms with Crippen LogP contribution in [0.5, 0.6) is 11.5 Å². The Hall–Kier alpha value is -1.75. The van der Waals surface area contributed by atoms with E-state index in [2.05, 4.69) is 0 Å². The van der Waals surface area contributed by atoms with Gasteiger partial charge < -0.3 is 19.5 Å². The van der Waals surface area contributed by atoms with Crippen LogP contribution in [0.15, 0.2) is 18.2 Å². The number of hydrogen-bond donors (Lipinski definition) is 1. The number of piperidine rings is 1. The molecule has 1 aromatic rings. The molecule has 1 aromatic carbocycles. The molecule has 0 aromatic heterocycles. The second-order valence-corrected chi connectivity index (χ2v) is 5.40. The SMILES string of the molecule is COc1ccc(CC(=O)N2CCCC(CO)C2)cc1OC. The lowest BCUT2D eigenvalue weighted by molar-refractivity contribution is -0.132. The number of rotatable bonds is 5. The molecule has 1 atom stereocenters. The summed E-state index contributed by atoms with van der Waals surface area (Å²) in [6.07, 6.45) is 2.30. The van der Waals surface area contributed by atoms with Crippen molar-refractivity contribution in [1.29, 1.82) is 0 Å². The summed E-state index contributed by atoms with van der Waals surface area (Å²) in [7, 11) is 3.17. The van der Waals surface area contributed by atoms with Crippen LogP contribution < -0.4 is 9.47 Å². The number of methoxy groups -OCH3 is 2. The second-order valence-electron chi connectivity index (χ2n) is 5.40. The first-order valence-electron chi connectivity index (χ1n) is 7.27. The van der Waals surface area contributed by atoms with Gasteiger partial charge in [0, 0.05) is 19.7 Å². The van der Waals surface area contributed by atoms with Gasteiger partial charge in [0.1, 0.15) is 0 Å². The summed E-state index contributed by atoms with van der Waals surface area (Å²) in [5.74, 6) is 1.61. The monoisotopic (exact) mass is 293 g/mol. The van der Waals surface area contributed by atoms with E-state index in [9.17, 15) is 9.90 Å². The van der Waals surface area contributed by atoms with E-state index < -0.39 is 0 Å². The quantitative estimate of drug-likeness (QED) is 0.893. The average Bonchev–Trinajstić information content (AvgIpc) is 2.54. The molecule has 21 heavy (non-hydrogen) atoms. The van der Waals surface area contributed by atoms with E-state index in [1.54, 1.807) is 14.2 Å². The zero-order valence-corrected chi connectivity index (χ0v) is 12.7. The first-order valence-corrected chi connectivity index (χ1v) is 7.27. The summed E-state index contributed by atoms with van der Waals surface area (Å²) in [6, 6.07) is 5.53. The molecule has 0 bridgehead atoms. The van der Waals surface area contributed by atoms with Gasteiger partial charge in [-0.15, -0.1) is 0 Å². The summed E-state index contributed by atoms with van der Waals surface area (Å²) in [5.41, 5.74) is 0.906. The first kappa shape index (κ1) is 15.6. The molecule has 0 aliphatic carbocycles. The van der Waals surface area contributed by atoms with Crippen molar-refractivity contribution >= 4 is 5.91 Å². The Morgan fingerprint density at radius 1 is 1.33 bits per heavy atom. The van der Waals surface area contributed by atoms with Gasteiger partial charge in [-0.3, -0.25) is 4.79 Å². The first-order chi connectivity index (χ1) is 10.2. The van der Waals surface area contributed by atoms with Gasteiger partial charge in [0.25, 0.3) is 0 Å². The lowest BCUT2D eigenvalue weighted by atomic mass is 9.98. The van der Waals surface area contributed by atoms with Crippen molar-refractivity contribution in [2.24, 2.45) is 5.92 Å². The summed E-state index contributed by atoms with van der Waals surface area (Å²) in [4.78, 5) is 14.2. The van der Waals surface area contributed by atoms with Crippen molar-refractivity contribution in [3.63, 3.8) is 0 Å². The highest BCUT2D eigenvalue weighted by molar-refractivity contribution is 5.79. The third-order valence-electron chi connectivity index (χ3n) is 3.93. The van der Waals surface area contributed by atoms with Crippen molar-refractivity contribution in [3.05, 3.63) is 23.8 Å². The maximum atomic E-state index is 12.4. The number of benzene rings is 1. The second kappa shape index (κ2) is 7.31. The minimum Gasteiger partial charge on any atom is -0.493 e. The minimum absolute atomic E-state index is 0.0976. The molecule has 5 nitrogen and oxygen atoms in total. The number of nitrogens with zero attached hydrogens (tertiary/aromatic N) is 1. The average molecular weight is 293 g/mol. The lowest BCUT2D eigenvalue weighted by Crippen LogP contribution is -2.41. The highest BCUT2D eigenvalue weighted by Gasteiger charge is 2.23. The molecule has 0 radical (unpaired) electrons. The molecule has 1 amide bonds. The standard InChI is InChI=1S/C16H23NO4/c1-20-14-6-5-12(8-15(14)21-2)9-16(19)17-7-3-4-13(10-17)11-18/h5-6,8,13,18H,3-4,7,9-11H2,1-2H3. The van der Waals surface area contributed by atoms with Crippen LogP contribution in [0.1, 0.15) is 18.4 Å². The molecule has 1 aliphatic rings. The van der Waals surface area contributed by atoms with Crippen LogP contribution in [0.25, 0.3) is 0 Å². The van der Waals surface area contributed by atoms with E-state index in [0.29, 0.717) is 24.5 Å². The van der Waals surface area contributed by atoms with E-state index in [1.807, 2.05) is 23.1 Å². The van der Waals surface area contributed by atoms with Crippen molar-refractivity contribution in [2.45, 2.75) is 19.3 Å². The van der Waals surface area contributed by atoms with Crippen LogP contribution in [-0.2, 0) is 11.2 Å². The van der Waals surface area contributed by atoms with Gasteiger partial charge in [-0.05, 0) is 36.5 Å². The maximum absolute atomic E-state index is 12.4. The number of aliphatic hydroxyl groups is 1. The largest absolute Gasteiger partial charge is 0.493 e. The maximum Gasteiger partial charge on any atom is 0.227 e. The Morgan fingerprint density at radius 2 is 2.10 bits per heavy atom. The van der Waals surface area contributed by atoms with Crippen molar-refractivity contribution < 1.29 is 19.4 Å². The number of ether oxygens (including phenoxy) is 2. The Kier molecular flexibility index (Phi) is 5.44. The van der Waals surface area contributed by atoms with E-state index in [4.69, 9.17) is 9.47 Å². The molecular formula is C16H23NO4. The smallest absolute Gasteiger partial charge is 0.227 e. The molecule has 1 aliphatic heterocycles. The molecule has 1 N–H and O–H groups in total. The summed E-state index contributed by atoms with van der Waals surface area (Å²) >= 11 is 0. The number of likely N-dealkylation sites (tertiary alicyclic amines) is 1. The Bertz CT molecular complexity index is 489. The van der Waals surface area contributed by atoms with Crippen LogP contribution in [0.3, 0.4) is 0 Å². The van der Waals surface area contributed by atoms with Gasteiger partial charge in [-0.25, -0.2) is 0 Å². The molecular weight excluding hydrogens is 270 g/mol. The minimum atomic E-state index is 0.0976. The fraction of sp³-hybridized carbons (Fsp3) is 0.562. The molecule has 1 heterocycles. The van der Waals surface area contributed by atoms with Crippen LogP contribution in [0.2, 0.25) is 0 Å². The number of hydrogen-bond acceptors (Lipinski definition) is 4. The number of carbonyl (C=O) groups is 1. The van der Waals surface area contributed by atoms with Crippen molar-refractivity contribution in [1.82, 2.24) is 4.90 Å². The van der Waals surface area contributed by atoms with Crippen LogP contribution in [0, 0.1) is 5.92 Å². The van der Waals surface area contributed by atoms with Gasteiger partial charge in [0.05, 0.1) is 20.6 Å². The van der Waals surface area contributed by atoms with Crippen LogP contribution in [0.4, 0.5) is 0 Å². The van der Waals surface area contributed by atoms with Crippen LogP contribution >= 0.6 is 0 Å². The van der Waals surface area contributed by atoms with Gasteiger partial charge in [-0.2, -0.15) is 0 Å². The molecule has 0 saturated carbocycles. The highest BCUT2D eigenvalue weighted by Crippen LogP contribution is 2.28. The number of carbonyl (C=O) groups excluding carboxylic acids is 1. The summed E-state index contributed by atoms with van der Waals surface area (Å²) < 4.78 is 10.4. The number of aliphatic hydroxyl groups excluding tert-OH is 1. The van der Waals surface area contributed by atoms with Gasteiger partial charge in [0.2, 0.25) is 5.91 Å². The normalized spacial score (nSPS) is 18.4.